The van der Waals surface area contributed by atoms with Crippen LogP contribution in [0, 0.1) is 0 Å². The number of hydrogen-bond donors (Lipinski definition) is 2. The van der Waals surface area contributed by atoms with Crippen molar-refractivity contribution in [3.05, 3.63) is 0 Å². The Labute approximate surface area is 129 Å². The third-order valence-corrected chi connectivity index (χ3v) is 3.38. The Kier molecular flexibility index (Phi) is 14.5. The fourth-order valence-electron chi connectivity index (χ4n) is 2.22. The van der Waals surface area contributed by atoms with Crippen LogP contribution < -0.4 is 10.6 Å². The number of unbranched alkanes of at least 4 members (excludes halogenated alkanes) is 1. The van der Waals surface area contributed by atoms with Crippen LogP contribution in [0.15, 0.2) is 0 Å². The van der Waals surface area contributed by atoms with E-state index >= 15 is 0 Å². The van der Waals surface area contributed by atoms with Crippen LogP contribution in [0.25, 0.3) is 0 Å². The Morgan fingerprint density at radius 3 is 2.42 bits per heavy atom. The second-order valence-electron chi connectivity index (χ2n) is 4.89. The minimum absolute atomic E-state index is 0. The zero-order chi connectivity index (χ0) is 12.5. The van der Waals surface area contributed by atoms with Gasteiger partial charge in [0, 0.05) is 32.1 Å². The highest BCUT2D eigenvalue weighted by atomic mass is 35.5. The molecule has 0 aliphatic carbocycles. The number of nitrogens with one attached hydrogen (secondary N) is 2. The summed E-state index contributed by atoms with van der Waals surface area (Å²) >= 11 is 0. The molecule has 1 aliphatic heterocycles. The molecule has 0 aromatic heterocycles. The molecular formula is C13H29Cl2N3O. The maximum Gasteiger partial charge on any atom is 0.221 e. The van der Waals surface area contributed by atoms with E-state index in [2.05, 4.69) is 22.5 Å². The lowest BCUT2D eigenvalue weighted by Gasteiger charge is -2.32. The normalized spacial score (nSPS) is 16.3. The first kappa shape index (κ1) is 21.3. The smallest absolute Gasteiger partial charge is 0.221 e. The van der Waals surface area contributed by atoms with Crippen molar-refractivity contribution in [1.82, 2.24) is 15.5 Å². The largest absolute Gasteiger partial charge is 0.353 e. The van der Waals surface area contributed by atoms with Gasteiger partial charge in [-0.2, -0.15) is 0 Å². The van der Waals surface area contributed by atoms with Gasteiger partial charge in [0.05, 0.1) is 0 Å². The van der Waals surface area contributed by atoms with Crippen LogP contribution in [0.3, 0.4) is 0 Å². The Morgan fingerprint density at radius 1 is 1.26 bits per heavy atom. The SMILES string of the molecule is CCCCN1CCC(NC(=O)CCNC)CC1.Cl.Cl. The molecule has 1 saturated heterocycles. The van der Waals surface area contributed by atoms with Crippen LogP contribution in [0.1, 0.15) is 39.0 Å². The van der Waals surface area contributed by atoms with Crippen molar-refractivity contribution >= 4 is 30.7 Å². The Hall–Kier alpha value is -0.0300. The molecule has 0 bridgehead atoms. The van der Waals surface area contributed by atoms with Gasteiger partial charge in [-0.05, 0) is 32.9 Å². The van der Waals surface area contributed by atoms with Crippen LogP contribution >= 0.6 is 24.8 Å². The van der Waals surface area contributed by atoms with E-state index in [-0.39, 0.29) is 30.7 Å². The zero-order valence-corrected chi connectivity index (χ0v) is 13.7. The number of rotatable bonds is 7. The molecule has 1 rings (SSSR count). The lowest BCUT2D eigenvalue weighted by Crippen LogP contribution is -2.45. The summed E-state index contributed by atoms with van der Waals surface area (Å²) in [6.07, 6.45) is 5.36. The molecular weight excluding hydrogens is 285 g/mol. The molecule has 1 amide bonds. The van der Waals surface area contributed by atoms with E-state index in [1.54, 1.807) is 0 Å². The van der Waals surface area contributed by atoms with E-state index < -0.39 is 0 Å². The van der Waals surface area contributed by atoms with Gasteiger partial charge in [-0.25, -0.2) is 0 Å². The summed E-state index contributed by atoms with van der Waals surface area (Å²) in [5.41, 5.74) is 0. The number of nitrogens with zero attached hydrogens (tertiary/aromatic N) is 1. The molecule has 6 heteroatoms. The highest BCUT2D eigenvalue weighted by molar-refractivity contribution is 5.85. The third kappa shape index (κ3) is 9.50. The minimum atomic E-state index is 0. The molecule has 0 radical (unpaired) electrons. The monoisotopic (exact) mass is 313 g/mol. The summed E-state index contributed by atoms with van der Waals surface area (Å²) in [5.74, 6) is 0.186. The average Bonchev–Trinajstić information content (AvgIpc) is 2.35. The molecule has 0 unspecified atom stereocenters. The van der Waals surface area contributed by atoms with Gasteiger partial charge in [0.15, 0.2) is 0 Å². The fourth-order valence-corrected chi connectivity index (χ4v) is 2.22. The average molecular weight is 314 g/mol. The van der Waals surface area contributed by atoms with Crippen molar-refractivity contribution in [3.63, 3.8) is 0 Å². The van der Waals surface area contributed by atoms with E-state index in [9.17, 15) is 4.79 Å². The highest BCUT2D eigenvalue weighted by Gasteiger charge is 2.19. The summed E-state index contributed by atoms with van der Waals surface area (Å²) < 4.78 is 0. The molecule has 1 heterocycles. The van der Waals surface area contributed by atoms with Crippen LogP contribution in [-0.4, -0.2) is 50.1 Å². The number of halogens is 2. The number of carbonyl (C=O) groups is 1. The summed E-state index contributed by atoms with van der Waals surface area (Å²) in [7, 11) is 1.87. The second-order valence-corrected chi connectivity index (χ2v) is 4.89. The second kappa shape index (κ2) is 13.0. The van der Waals surface area contributed by atoms with E-state index in [0.29, 0.717) is 12.5 Å². The van der Waals surface area contributed by atoms with Gasteiger partial charge in [0.25, 0.3) is 0 Å². The summed E-state index contributed by atoms with van der Waals surface area (Å²) in [5, 5.41) is 6.12. The topological polar surface area (TPSA) is 44.4 Å². The quantitative estimate of drug-likeness (QED) is 0.753. The first-order valence-corrected chi connectivity index (χ1v) is 6.92. The van der Waals surface area contributed by atoms with Crippen LogP contribution in [0.4, 0.5) is 0 Å². The van der Waals surface area contributed by atoms with Crippen LogP contribution in [-0.2, 0) is 4.79 Å². The number of carbonyl (C=O) groups excluding carboxylic acids is 1. The van der Waals surface area contributed by atoms with Crippen molar-refractivity contribution in [2.24, 2.45) is 0 Å². The molecule has 0 aromatic carbocycles. The fraction of sp³-hybridized carbons (Fsp3) is 0.923. The minimum Gasteiger partial charge on any atom is -0.353 e. The van der Waals surface area contributed by atoms with Gasteiger partial charge in [0.1, 0.15) is 0 Å². The van der Waals surface area contributed by atoms with Crippen LogP contribution in [0.2, 0.25) is 0 Å². The molecule has 1 fully saturated rings. The lowest BCUT2D eigenvalue weighted by molar-refractivity contribution is -0.122. The van der Waals surface area contributed by atoms with Gasteiger partial charge in [-0.15, -0.1) is 24.8 Å². The molecule has 19 heavy (non-hydrogen) atoms. The number of piperidine rings is 1. The van der Waals surface area contributed by atoms with E-state index in [4.69, 9.17) is 0 Å². The van der Waals surface area contributed by atoms with Crippen molar-refractivity contribution in [2.75, 3.05) is 33.2 Å². The first-order valence-electron chi connectivity index (χ1n) is 6.92. The zero-order valence-electron chi connectivity index (χ0n) is 12.1. The third-order valence-electron chi connectivity index (χ3n) is 3.38. The van der Waals surface area contributed by atoms with Gasteiger partial charge in [-0.3, -0.25) is 4.79 Å². The molecule has 1 aliphatic rings. The van der Waals surface area contributed by atoms with Crippen molar-refractivity contribution in [1.29, 1.82) is 0 Å². The Morgan fingerprint density at radius 2 is 1.89 bits per heavy atom. The molecule has 116 valence electrons. The number of hydrogen-bond acceptors (Lipinski definition) is 3. The van der Waals surface area contributed by atoms with E-state index in [1.807, 2.05) is 7.05 Å². The summed E-state index contributed by atoms with van der Waals surface area (Å²) in [6.45, 7) is 6.49. The van der Waals surface area contributed by atoms with Gasteiger partial charge in [0.2, 0.25) is 5.91 Å². The lowest BCUT2D eigenvalue weighted by atomic mass is 10.0. The van der Waals surface area contributed by atoms with Gasteiger partial charge in [-0.1, -0.05) is 13.3 Å². The highest BCUT2D eigenvalue weighted by Crippen LogP contribution is 2.11. The Bertz CT molecular complexity index is 222. The standard InChI is InChI=1S/C13H27N3O.2ClH/c1-3-4-9-16-10-6-12(7-11-16)15-13(17)5-8-14-2;;/h12,14H,3-11H2,1-2H3,(H,15,17);2*1H. The summed E-state index contributed by atoms with van der Waals surface area (Å²) in [4.78, 5) is 14.1. The molecule has 4 nitrogen and oxygen atoms in total. The molecule has 0 atom stereocenters. The number of amides is 1. The number of likely N-dealkylation sites (tertiary alicyclic amines) is 1. The molecule has 0 saturated carbocycles. The molecule has 0 aromatic rings. The van der Waals surface area contributed by atoms with Gasteiger partial charge >= 0.3 is 0 Å². The van der Waals surface area contributed by atoms with E-state index in [0.717, 1.165) is 32.5 Å². The predicted octanol–water partition coefficient (Wildman–Crippen LogP) is 1.82. The maximum absolute atomic E-state index is 11.6. The molecule has 2 N–H and O–H groups in total. The first-order chi connectivity index (χ1) is 8.26. The Balaban J connectivity index is 0. The molecule has 0 spiro atoms. The van der Waals surface area contributed by atoms with Crippen molar-refractivity contribution in [2.45, 2.75) is 45.1 Å². The van der Waals surface area contributed by atoms with Crippen LogP contribution in [0.5, 0.6) is 0 Å². The van der Waals surface area contributed by atoms with Crippen molar-refractivity contribution < 1.29 is 4.79 Å². The van der Waals surface area contributed by atoms with Gasteiger partial charge < -0.3 is 15.5 Å². The van der Waals surface area contributed by atoms with E-state index in [1.165, 1.54) is 19.4 Å². The predicted molar refractivity (Wildman–Crippen MR) is 85.6 cm³/mol. The summed E-state index contributed by atoms with van der Waals surface area (Å²) in [6, 6.07) is 0.400. The maximum atomic E-state index is 11.6. The van der Waals surface area contributed by atoms with Crippen molar-refractivity contribution in [3.8, 4) is 0 Å².